The van der Waals surface area contributed by atoms with Crippen molar-refractivity contribution in [3.8, 4) is 17.3 Å². The second kappa shape index (κ2) is 4.62. The van der Waals surface area contributed by atoms with E-state index in [-0.39, 0.29) is 0 Å². The van der Waals surface area contributed by atoms with Crippen molar-refractivity contribution in [3.05, 3.63) is 46.1 Å². The fraction of sp³-hybridized carbons (Fsp3) is 0.0714. The third kappa shape index (κ3) is 1.92. The summed E-state index contributed by atoms with van der Waals surface area (Å²) >= 11 is 3.40. The largest absolute Gasteiger partial charge is 0.382 e. The number of nitrogens with two attached hydrogens (primary N) is 1. The van der Waals surface area contributed by atoms with Crippen molar-refractivity contribution in [2.24, 2.45) is 0 Å². The van der Waals surface area contributed by atoms with E-state index in [1.54, 1.807) is 6.92 Å². The van der Waals surface area contributed by atoms with Gasteiger partial charge in [-0.2, -0.15) is 14.9 Å². The number of nitrogen functional groups attached to an aromatic ring is 1. The van der Waals surface area contributed by atoms with Crippen LogP contribution in [0.2, 0.25) is 0 Å². The van der Waals surface area contributed by atoms with Crippen LogP contribution in [0, 0.1) is 18.3 Å². The van der Waals surface area contributed by atoms with Crippen LogP contribution in [0.1, 0.15) is 11.3 Å². The molecule has 0 radical (unpaired) electrons. The number of rotatable bonds is 1. The van der Waals surface area contributed by atoms with Crippen LogP contribution in [0.25, 0.3) is 16.9 Å². The van der Waals surface area contributed by atoms with Crippen LogP contribution < -0.4 is 5.73 Å². The summed E-state index contributed by atoms with van der Waals surface area (Å²) in [6.45, 7) is 1.77. The Hall–Kier alpha value is -2.39. The van der Waals surface area contributed by atoms with E-state index in [1.807, 2.05) is 30.3 Å². The summed E-state index contributed by atoms with van der Waals surface area (Å²) in [6, 6.07) is 11.7. The summed E-state index contributed by atoms with van der Waals surface area (Å²) < 4.78 is 2.51. The SMILES string of the molecule is Cc1nc2cc(-c3ccc(Br)cc3)nn2c(N)c1C#N. The maximum Gasteiger partial charge on any atom is 0.158 e. The molecule has 0 unspecified atom stereocenters. The molecule has 0 bridgehead atoms. The van der Waals surface area contributed by atoms with Crippen LogP contribution in [0.4, 0.5) is 5.82 Å². The zero-order chi connectivity index (χ0) is 14.3. The number of hydrogen-bond donors (Lipinski definition) is 1. The van der Waals surface area contributed by atoms with Gasteiger partial charge in [-0.1, -0.05) is 28.1 Å². The normalized spacial score (nSPS) is 10.7. The second-order valence-corrected chi connectivity index (χ2v) is 5.29. The molecule has 0 aliphatic heterocycles. The second-order valence-electron chi connectivity index (χ2n) is 4.38. The highest BCUT2D eigenvalue weighted by Crippen LogP contribution is 2.24. The van der Waals surface area contributed by atoms with Crippen LogP contribution in [0.5, 0.6) is 0 Å². The molecule has 20 heavy (non-hydrogen) atoms. The van der Waals surface area contributed by atoms with Gasteiger partial charge >= 0.3 is 0 Å². The highest BCUT2D eigenvalue weighted by Gasteiger charge is 2.13. The summed E-state index contributed by atoms with van der Waals surface area (Å²) in [5, 5.41) is 13.5. The van der Waals surface area contributed by atoms with Gasteiger partial charge < -0.3 is 5.73 Å². The third-order valence-corrected chi connectivity index (χ3v) is 3.60. The van der Waals surface area contributed by atoms with E-state index in [1.165, 1.54) is 4.52 Å². The number of aromatic nitrogens is 3. The first-order valence-corrected chi connectivity index (χ1v) is 6.71. The molecule has 0 aliphatic rings. The number of nitrogens with zero attached hydrogens (tertiary/aromatic N) is 4. The first-order chi connectivity index (χ1) is 9.60. The van der Waals surface area contributed by atoms with E-state index in [2.05, 4.69) is 32.1 Å². The lowest BCUT2D eigenvalue weighted by Crippen LogP contribution is -2.05. The summed E-state index contributed by atoms with van der Waals surface area (Å²) in [4.78, 5) is 4.36. The van der Waals surface area contributed by atoms with Gasteiger partial charge in [-0.25, -0.2) is 4.98 Å². The van der Waals surface area contributed by atoms with Crippen molar-refractivity contribution < 1.29 is 0 Å². The molecule has 3 rings (SSSR count). The Labute approximate surface area is 123 Å². The number of fused-ring (bicyclic) bond motifs is 1. The fourth-order valence-corrected chi connectivity index (χ4v) is 2.31. The topological polar surface area (TPSA) is 80.0 Å². The molecule has 3 aromatic rings. The molecule has 0 atom stereocenters. The summed E-state index contributed by atoms with van der Waals surface area (Å²) in [5.41, 5.74) is 9.32. The van der Waals surface area contributed by atoms with Gasteiger partial charge in [-0.3, -0.25) is 0 Å². The van der Waals surface area contributed by atoms with Gasteiger partial charge in [0.05, 0.1) is 11.4 Å². The zero-order valence-electron chi connectivity index (χ0n) is 10.6. The fourth-order valence-electron chi connectivity index (χ4n) is 2.05. The standard InChI is InChI=1S/C14H10BrN5/c1-8-11(7-16)14(17)20-13(18-8)6-12(19-20)9-2-4-10(15)5-3-9/h2-6H,17H2,1H3. The van der Waals surface area contributed by atoms with Crippen molar-refractivity contribution >= 4 is 27.4 Å². The molecule has 0 amide bonds. The molecule has 2 aromatic heterocycles. The molecule has 98 valence electrons. The molecule has 1 aromatic carbocycles. The maximum absolute atomic E-state index is 9.10. The summed E-state index contributed by atoms with van der Waals surface area (Å²) in [7, 11) is 0. The predicted molar refractivity (Wildman–Crippen MR) is 80.0 cm³/mol. The Bertz CT molecular complexity index is 843. The first-order valence-electron chi connectivity index (χ1n) is 5.92. The van der Waals surface area contributed by atoms with E-state index in [0.29, 0.717) is 22.7 Å². The van der Waals surface area contributed by atoms with Gasteiger partial charge in [-0.15, -0.1) is 0 Å². The van der Waals surface area contributed by atoms with Crippen molar-refractivity contribution in [2.75, 3.05) is 5.73 Å². The number of halogens is 1. The first kappa shape index (κ1) is 12.6. The zero-order valence-corrected chi connectivity index (χ0v) is 12.2. The van der Waals surface area contributed by atoms with Crippen LogP contribution in [0.15, 0.2) is 34.8 Å². The smallest absolute Gasteiger partial charge is 0.158 e. The highest BCUT2D eigenvalue weighted by molar-refractivity contribution is 9.10. The maximum atomic E-state index is 9.10. The van der Waals surface area contributed by atoms with Crippen molar-refractivity contribution in [1.29, 1.82) is 5.26 Å². The Morgan fingerprint density at radius 1 is 1.30 bits per heavy atom. The summed E-state index contributed by atoms with van der Waals surface area (Å²) in [5.74, 6) is 0.318. The Kier molecular flexibility index (Phi) is 2.92. The van der Waals surface area contributed by atoms with Gasteiger partial charge in [-0.05, 0) is 19.1 Å². The molecule has 0 saturated carbocycles. The molecule has 2 heterocycles. The van der Waals surface area contributed by atoms with E-state index >= 15 is 0 Å². The summed E-state index contributed by atoms with van der Waals surface area (Å²) in [6.07, 6.45) is 0. The highest BCUT2D eigenvalue weighted by atomic mass is 79.9. The van der Waals surface area contributed by atoms with Crippen molar-refractivity contribution in [2.45, 2.75) is 6.92 Å². The Morgan fingerprint density at radius 3 is 2.65 bits per heavy atom. The molecular weight excluding hydrogens is 318 g/mol. The predicted octanol–water partition coefficient (Wildman–Crippen LogP) is 2.92. The number of hydrogen-bond acceptors (Lipinski definition) is 4. The molecule has 0 fully saturated rings. The number of nitriles is 1. The van der Waals surface area contributed by atoms with Crippen molar-refractivity contribution in [1.82, 2.24) is 14.6 Å². The number of aryl methyl sites for hydroxylation is 1. The monoisotopic (exact) mass is 327 g/mol. The lowest BCUT2D eigenvalue weighted by Gasteiger charge is -2.03. The average molecular weight is 328 g/mol. The molecule has 0 saturated heterocycles. The quantitative estimate of drug-likeness (QED) is 0.745. The third-order valence-electron chi connectivity index (χ3n) is 3.07. The molecule has 0 spiro atoms. The lowest BCUT2D eigenvalue weighted by molar-refractivity contribution is 0.940. The van der Waals surface area contributed by atoms with Crippen molar-refractivity contribution in [3.63, 3.8) is 0 Å². The Balaban J connectivity index is 2.23. The van der Waals surface area contributed by atoms with Gasteiger partial charge in [0.15, 0.2) is 5.65 Å². The lowest BCUT2D eigenvalue weighted by atomic mass is 10.2. The minimum absolute atomic E-state index is 0.318. The number of benzene rings is 1. The minimum atomic E-state index is 0.318. The van der Waals surface area contributed by atoms with E-state index in [4.69, 9.17) is 11.0 Å². The van der Waals surface area contributed by atoms with Gasteiger partial charge in [0.2, 0.25) is 0 Å². The molecule has 6 heteroatoms. The van der Waals surface area contributed by atoms with E-state index < -0.39 is 0 Å². The van der Waals surface area contributed by atoms with Crippen LogP contribution in [-0.4, -0.2) is 14.6 Å². The van der Waals surface area contributed by atoms with Crippen LogP contribution in [0.3, 0.4) is 0 Å². The van der Waals surface area contributed by atoms with Gasteiger partial charge in [0.25, 0.3) is 0 Å². The molecule has 5 nitrogen and oxygen atoms in total. The minimum Gasteiger partial charge on any atom is -0.382 e. The van der Waals surface area contributed by atoms with Crippen LogP contribution in [-0.2, 0) is 0 Å². The van der Waals surface area contributed by atoms with Gasteiger partial charge in [0, 0.05) is 16.1 Å². The molecule has 0 aliphatic carbocycles. The van der Waals surface area contributed by atoms with E-state index in [9.17, 15) is 0 Å². The molecule has 2 N–H and O–H groups in total. The van der Waals surface area contributed by atoms with Crippen LogP contribution >= 0.6 is 15.9 Å². The van der Waals surface area contributed by atoms with E-state index in [0.717, 1.165) is 15.7 Å². The Morgan fingerprint density at radius 2 is 2.00 bits per heavy atom. The van der Waals surface area contributed by atoms with Gasteiger partial charge in [0.1, 0.15) is 17.5 Å². The number of anilines is 1. The average Bonchev–Trinajstić information content (AvgIpc) is 2.84. The molecular formula is C14H10BrN5.